The van der Waals surface area contributed by atoms with Crippen LogP contribution in [0.1, 0.15) is 11.5 Å². The molecule has 0 bridgehead atoms. The van der Waals surface area contributed by atoms with Crippen LogP contribution in [0.4, 0.5) is 4.79 Å². The molecule has 1 saturated heterocycles. The molecule has 1 fully saturated rings. The van der Waals surface area contributed by atoms with E-state index in [1.54, 1.807) is 18.2 Å². The van der Waals surface area contributed by atoms with Gasteiger partial charge in [-0.05, 0) is 17.7 Å². The SMILES string of the molecule is COC(=O)C1CN(C(=O)O)CC1c1ccc(Cl)c(Cl)c1. The molecule has 0 aliphatic carbocycles. The van der Waals surface area contributed by atoms with Crippen molar-refractivity contribution in [2.75, 3.05) is 20.2 Å². The molecule has 1 heterocycles. The number of halogens is 2. The third-order valence-electron chi connectivity index (χ3n) is 3.47. The van der Waals surface area contributed by atoms with Crippen LogP contribution in [0.2, 0.25) is 10.0 Å². The van der Waals surface area contributed by atoms with Crippen molar-refractivity contribution in [1.29, 1.82) is 0 Å². The van der Waals surface area contributed by atoms with Crippen molar-refractivity contribution in [2.24, 2.45) is 5.92 Å². The number of carboxylic acid groups (broad SMARTS) is 1. The molecule has 2 unspecified atom stereocenters. The summed E-state index contributed by atoms with van der Waals surface area (Å²) >= 11 is 11.8. The number of ether oxygens (including phenoxy) is 1. The summed E-state index contributed by atoms with van der Waals surface area (Å²) in [6.45, 7) is 0.347. The molecule has 5 nitrogen and oxygen atoms in total. The van der Waals surface area contributed by atoms with Crippen molar-refractivity contribution in [1.82, 2.24) is 4.90 Å². The number of carbonyl (C=O) groups excluding carboxylic acids is 1. The van der Waals surface area contributed by atoms with Crippen LogP contribution in [0.5, 0.6) is 0 Å². The summed E-state index contributed by atoms with van der Waals surface area (Å²) < 4.78 is 4.75. The maximum atomic E-state index is 11.8. The highest BCUT2D eigenvalue weighted by atomic mass is 35.5. The minimum absolute atomic E-state index is 0.118. The summed E-state index contributed by atoms with van der Waals surface area (Å²) in [5, 5.41) is 9.87. The fourth-order valence-electron chi connectivity index (χ4n) is 2.43. The van der Waals surface area contributed by atoms with Gasteiger partial charge in [0.2, 0.25) is 0 Å². The molecule has 20 heavy (non-hydrogen) atoms. The summed E-state index contributed by atoms with van der Waals surface area (Å²) in [6, 6.07) is 5.05. The van der Waals surface area contributed by atoms with E-state index in [1.165, 1.54) is 12.0 Å². The Morgan fingerprint density at radius 2 is 2.00 bits per heavy atom. The second-order valence-corrected chi connectivity index (χ2v) is 5.41. The minimum Gasteiger partial charge on any atom is -0.469 e. The lowest BCUT2D eigenvalue weighted by Gasteiger charge is -2.16. The molecule has 0 saturated carbocycles. The summed E-state index contributed by atoms with van der Waals surface area (Å²) in [5.41, 5.74) is 0.776. The Kier molecular flexibility index (Phi) is 4.40. The lowest BCUT2D eigenvalue weighted by Crippen LogP contribution is -2.28. The normalized spacial score (nSPS) is 21.9. The van der Waals surface area contributed by atoms with Gasteiger partial charge in [-0.2, -0.15) is 0 Å². The van der Waals surface area contributed by atoms with Crippen molar-refractivity contribution in [3.05, 3.63) is 33.8 Å². The first-order chi connectivity index (χ1) is 9.43. The van der Waals surface area contributed by atoms with Crippen LogP contribution in [0, 0.1) is 5.92 Å². The highest BCUT2D eigenvalue weighted by Crippen LogP contribution is 2.36. The predicted octanol–water partition coefficient (Wildman–Crippen LogP) is 2.86. The van der Waals surface area contributed by atoms with Gasteiger partial charge >= 0.3 is 12.1 Å². The maximum Gasteiger partial charge on any atom is 0.407 e. The fourth-order valence-corrected chi connectivity index (χ4v) is 2.74. The number of likely N-dealkylation sites (tertiary alicyclic amines) is 1. The van der Waals surface area contributed by atoms with E-state index in [0.717, 1.165) is 5.56 Å². The Hall–Kier alpha value is -1.46. The molecule has 2 atom stereocenters. The Morgan fingerprint density at radius 1 is 1.30 bits per heavy atom. The first kappa shape index (κ1) is 14.9. The quantitative estimate of drug-likeness (QED) is 0.852. The summed E-state index contributed by atoms with van der Waals surface area (Å²) in [7, 11) is 1.29. The number of rotatable bonds is 2. The number of hydrogen-bond acceptors (Lipinski definition) is 3. The van der Waals surface area contributed by atoms with Crippen molar-refractivity contribution in [3.8, 4) is 0 Å². The molecule has 108 valence electrons. The van der Waals surface area contributed by atoms with E-state index in [2.05, 4.69) is 0 Å². The van der Waals surface area contributed by atoms with E-state index in [0.29, 0.717) is 10.0 Å². The molecule has 0 aromatic heterocycles. The van der Waals surface area contributed by atoms with Crippen molar-refractivity contribution in [2.45, 2.75) is 5.92 Å². The Labute approximate surface area is 126 Å². The van der Waals surface area contributed by atoms with Crippen LogP contribution in [-0.4, -0.2) is 42.3 Å². The first-order valence-electron chi connectivity index (χ1n) is 5.94. The number of hydrogen-bond donors (Lipinski definition) is 1. The average molecular weight is 318 g/mol. The van der Waals surface area contributed by atoms with Gasteiger partial charge in [-0.1, -0.05) is 29.3 Å². The Morgan fingerprint density at radius 3 is 2.55 bits per heavy atom. The van der Waals surface area contributed by atoms with Crippen LogP contribution >= 0.6 is 23.2 Å². The van der Waals surface area contributed by atoms with Crippen LogP contribution in [0.3, 0.4) is 0 Å². The molecule has 1 aliphatic rings. The smallest absolute Gasteiger partial charge is 0.407 e. The third kappa shape index (κ3) is 2.83. The van der Waals surface area contributed by atoms with Gasteiger partial charge in [-0.15, -0.1) is 0 Å². The molecule has 1 aliphatic heterocycles. The molecule has 0 spiro atoms. The second-order valence-electron chi connectivity index (χ2n) is 4.60. The van der Waals surface area contributed by atoms with Gasteiger partial charge in [-0.25, -0.2) is 4.79 Å². The largest absolute Gasteiger partial charge is 0.469 e. The molecule has 7 heteroatoms. The van der Waals surface area contributed by atoms with E-state index in [1.807, 2.05) is 0 Å². The first-order valence-corrected chi connectivity index (χ1v) is 6.70. The zero-order valence-electron chi connectivity index (χ0n) is 10.7. The standard InChI is InChI=1S/C13H13Cl2NO4/c1-20-12(17)9-6-16(13(18)19)5-8(9)7-2-3-10(14)11(15)4-7/h2-4,8-9H,5-6H2,1H3,(H,18,19). The van der Waals surface area contributed by atoms with Gasteiger partial charge in [-0.3, -0.25) is 4.79 Å². The summed E-state index contributed by atoms with van der Waals surface area (Å²) in [5.74, 6) is -1.24. The fraction of sp³-hybridized carbons (Fsp3) is 0.385. The zero-order valence-corrected chi connectivity index (χ0v) is 12.2. The van der Waals surface area contributed by atoms with Gasteiger partial charge in [0.25, 0.3) is 0 Å². The molecular weight excluding hydrogens is 305 g/mol. The van der Waals surface area contributed by atoms with Crippen LogP contribution in [-0.2, 0) is 9.53 Å². The lowest BCUT2D eigenvalue weighted by atomic mass is 9.89. The third-order valence-corrected chi connectivity index (χ3v) is 4.21. The highest BCUT2D eigenvalue weighted by Gasteiger charge is 2.41. The van der Waals surface area contributed by atoms with Crippen LogP contribution in [0.25, 0.3) is 0 Å². The number of esters is 1. The van der Waals surface area contributed by atoms with Crippen LogP contribution in [0.15, 0.2) is 18.2 Å². The van der Waals surface area contributed by atoms with Crippen LogP contribution < -0.4 is 0 Å². The van der Waals surface area contributed by atoms with Gasteiger partial charge in [0.15, 0.2) is 0 Å². The monoisotopic (exact) mass is 317 g/mol. The average Bonchev–Trinajstić information content (AvgIpc) is 2.86. The molecule has 1 N–H and O–H groups in total. The topological polar surface area (TPSA) is 66.8 Å². The number of amides is 1. The van der Waals surface area contributed by atoms with Gasteiger partial charge in [0, 0.05) is 19.0 Å². The van der Waals surface area contributed by atoms with Gasteiger partial charge < -0.3 is 14.7 Å². The van der Waals surface area contributed by atoms with E-state index in [-0.39, 0.29) is 19.0 Å². The van der Waals surface area contributed by atoms with E-state index < -0.39 is 18.0 Å². The van der Waals surface area contributed by atoms with Crippen molar-refractivity contribution < 1.29 is 19.4 Å². The Balaban J connectivity index is 2.32. The number of carbonyl (C=O) groups is 2. The van der Waals surface area contributed by atoms with Gasteiger partial charge in [0.1, 0.15) is 0 Å². The number of benzene rings is 1. The lowest BCUT2D eigenvalue weighted by molar-refractivity contribution is -0.145. The van der Waals surface area contributed by atoms with E-state index >= 15 is 0 Å². The zero-order chi connectivity index (χ0) is 14.9. The van der Waals surface area contributed by atoms with Gasteiger partial charge in [0.05, 0.1) is 23.1 Å². The number of nitrogens with zero attached hydrogens (tertiary/aromatic N) is 1. The molecular formula is C13H13Cl2NO4. The molecule has 1 aromatic carbocycles. The van der Waals surface area contributed by atoms with Crippen molar-refractivity contribution >= 4 is 35.3 Å². The molecule has 1 amide bonds. The molecule has 1 aromatic rings. The molecule has 0 radical (unpaired) electrons. The highest BCUT2D eigenvalue weighted by molar-refractivity contribution is 6.42. The van der Waals surface area contributed by atoms with Crippen molar-refractivity contribution in [3.63, 3.8) is 0 Å². The van der Waals surface area contributed by atoms with E-state index in [9.17, 15) is 9.59 Å². The minimum atomic E-state index is -1.05. The summed E-state index contributed by atoms with van der Waals surface area (Å²) in [4.78, 5) is 24.1. The summed E-state index contributed by atoms with van der Waals surface area (Å²) in [6.07, 6.45) is -1.05. The second kappa shape index (κ2) is 5.89. The molecule has 2 rings (SSSR count). The predicted molar refractivity (Wildman–Crippen MR) is 74.3 cm³/mol. The van der Waals surface area contributed by atoms with E-state index in [4.69, 9.17) is 33.0 Å². The maximum absolute atomic E-state index is 11.8. The number of methoxy groups -OCH3 is 1. The Bertz CT molecular complexity index is 549.